The van der Waals surface area contributed by atoms with Crippen LogP contribution < -0.4 is 10.1 Å². The fraction of sp³-hybridized carbons (Fsp3) is 0.240. The number of piperazine rings is 1. The van der Waals surface area contributed by atoms with Crippen LogP contribution >= 0.6 is 11.6 Å². The molecule has 31 heavy (non-hydrogen) atoms. The van der Waals surface area contributed by atoms with Crippen LogP contribution in [-0.4, -0.2) is 42.0 Å². The smallest absolute Gasteiger partial charge is 0.317 e. The topological polar surface area (TPSA) is 44.8 Å². The molecule has 0 spiro atoms. The summed E-state index contributed by atoms with van der Waals surface area (Å²) in [5.74, 6) is 1.67. The van der Waals surface area contributed by atoms with Crippen molar-refractivity contribution in [3.63, 3.8) is 0 Å². The van der Waals surface area contributed by atoms with Crippen molar-refractivity contribution in [2.24, 2.45) is 0 Å². The molecule has 4 rings (SSSR count). The Labute approximate surface area is 188 Å². The van der Waals surface area contributed by atoms with E-state index in [1.165, 1.54) is 5.56 Å². The molecule has 0 saturated carbocycles. The second kappa shape index (κ2) is 10.3. The number of benzene rings is 3. The average molecular weight is 436 g/mol. The molecular weight excluding hydrogens is 410 g/mol. The highest BCUT2D eigenvalue weighted by molar-refractivity contribution is 6.30. The molecule has 1 saturated heterocycles. The van der Waals surface area contributed by atoms with Gasteiger partial charge in [-0.3, -0.25) is 4.90 Å². The average Bonchev–Trinajstić information content (AvgIpc) is 2.80. The number of ether oxygens (including phenoxy) is 1. The highest BCUT2D eigenvalue weighted by Gasteiger charge is 2.21. The first kappa shape index (κ1) is 21.2. The molecule has 3 aromatic carbocycles. The quantitative estimate of drug-likeness (QED) is 0.581. The third-order valence-electron chi connectivity index (χ3n) is 5.30. The first-order valence-corrected chi connectivity index (χ1v) is 10.8. The summed E-state index contributed by atoms with van der Waals surface area (Å²) in [4.78, 5) is 16.7. The second-order valence-corrected chi connectivity index (χ2v) is 8.05. The summed E-state index contributed by atoms with van der Waals surface area (Å²) in [6, 6.07) is 25.5. The number of carbonyl (C=O) groups is 1. The Bertz CT molecular complexity index is 987. The van der Waals surface area contributed by atoms with Crippen molar-refractivity contribution in [3.05, 3.63) is 95.0 Å². The molecule has 6 heteroatoms. The van der Waals surface area contributed by atoms with E-state index in [1.54, 1.807) is 0 Å². The molecular formula is C25H26ClN3O2. The van der Waals surface area contributed by atoms with Gasteiger partial charge in [-0.2, -0.15) is 0 Å². The zero-order valence-corrected chi connectivity index (χ0v) is 18.1. The van der Waals surface area contributed by atoms with Gasteiger partial charge in [0.25, 0.3) is 0 Å². The maximum absolute atomic E-state index is 12.5. The monoisotopic (exact) mass is 435 g/mol. The van der Waals surface area contributed by atoms with E-state index in [9.17, 15) is 4.79 Å². The van der Waals surface area contributed by atoms with Gasteiger partial charge in [-0.1, -0.05) is 54.1 Å². The van der Waals surface area contributed by atoms with Crippen LogP contribution in [0.4, 0.5) is 4.79 Å². The Morgan fingerprint density at radius 3 is 2.29 bits per heavy atom. The molecule has 0 bridgehead atoms. The SMILES string of the molecule is O=C(NCc1ccc(Cl)cc1)N1CCN(Cc2cccc(Oc3ccccc3)c2)CC1. The Hall–Kier alpha value is -3.02. The summed E-state index contributed by atoms with van der Waals surface area (Å²) >= 11 is 5.91. The Balaban J connectivity index is 1.24. The number of nitrogens with zero attached hydrogens (tertiary/aromatic N) is 2. The molecule has 0 unspecified atom stereocenters. The number of urea groups is 1. The van der Waals surface area contributed by atoms with E-state index in [0.717, 1.165) is 36.7 Å². The van der Waals surface area contributed by atoms with E-state index in [2.05, 4.69) is 22.3 Å². The molecule has 1 N–H and O–H groups in total. The molecule has 5 nitrogen and oxygen atoms in total. The van der Waals surface area contributed by atoms with Crippen LogP contribution in [0.3, 0.4) is 0 Å². The van der Waals surface area contributed by atoms with Crippen LogP contribution in [0, 0.1) is 0 Å². The largest absolute Gasteiger partial charge is 0.457 e. The molecule has 1 aliphatic rings. The van der Waals surface area contributed by atoms with Gasteiger partial charge in [0.05, 0.1) is 0 Å². The van der Waals surface area contributed by atoms with Crippen LogP contribution in [0.1, 0.15) is 11.1 Å². The van der Waals surface area contributed by atoms with Crippen molar-refractivity contribution in [2.45, 2.75) is 13.1 Å². The lowest BCUT2D eigenvalue weighted by Crippen LogP contribution is -2.51. The van der Waals surface area contributed by atoms with Crippen molar-refractivity contribution >= 4 is 17.6 Å². The minimum Gasteiger partial charge on any atom is -0.457 e. The Morgan fingerprint density at radius 1 is 0.839 bits per heavy atom. The van der Waals surface area contributed by atoms with Gasteiger partial charge in [0.1, 0.15) is 11.5 Å². The highest BCUT2D eigenvalue weighted by atomic mass is 35.5. The number of carbonyl (C=O) groups excluding carboxylic acids is 1. The maximum Gasteiger partial charge on any atom is 0.317 e. The third-order valence-corrected chi connectivity index (χ3v) is 5.55. The van der Waals surface area contributed by atoms with Crippen molar-refractivity contribution in [1.82, 2.24) is 15.1 Å². The number of para-hydroxylation sites is 1. The van der Waals surface area contributed by atoms with Crippen LogP contribution in [0.25, 0.3) is 0 Å². The molecule has 1 fully saturated rings. The Morgan fingerprint density at radius 2 is 1.55 bits per heavy atom. The van der Waals surface area contributed by atoms with Crippen molar-refractivity contribution < 1.29 is 9.53 Å². The van der Waals surface area contributed by atoms with Gasteiger partial charge < -0.3 is 15.0 Å². The summed E-state index contributed by atoms with van der Waals surface area (Å²) in [6.45, 7) is 4.46. The van der Waals surface area contributed by atoms with E-state index < -0.39 is 0 Å². The molecule has 0 radical (unpaired) electrons. The second-order valence-electron chi connectivity index (χ2n) is 7.61. The number of halogens is 1. The lowest BCUT2D eigenvalue weighted by atomic mass is 10.2. The van der Waals surface area contributed by atoms with Crippen LogP contribution in [0.15, 0.2) is 78.9 Å². The normalized spacial score (nSPS) is 14.3. The summed E-state index contributed by atoms with van der Waals surface area (Å²) in [5.41, 5.74) is 2.24. The first-order valence-electron chi connectivity index (χ1n) is 10.5. The number of nitrogens with one attached hydrogen (secondary N) is 1. The molecule has 1 aliphatic heterocycles. The lowest BCUT2D eigenvalue weighted by Gasteiger charge is -2.34. The molecule has 3 aromatic rings. The number of amides is 2. The van der Waals surface area contributed by atoms with Crippen LogP contribution in [-0.2, 0) is 13.1 Å². The van der Waals surface area contributed by atoms with Gasteiger partial charge >= 0.3 is 6.03 Å². The molecule has 0 aliphatic carbocycles. The standard InChI is InChI=1S/C25H26ClN3O2/c26-22-11-9-20(10-12-22)18-27-25(30)29-15-13-28(14-16-29)19-21-5-4-8-24(17-21)31-23-6-2-1-3-7-23/h1-12,17H,13-16,18-19H2,(H,27,30). The maximum atomic E-state index is 12.5. The predicted octanol–water partition coefficient (Wildman–Crippen LogP) is 5.16. The molecule has 0 atom stereocenters. The third kappa shape index (κ3) is 6.23. The zero-order valence-electron chi connectivity index (χ0n) is 17.3. The van der Waals surface area contributed by atoms with Crippen LogP contribution in [0.2, 0.25) is 5.02 Å². The van der Waals surface area contributed by atoms with E-state index in [0.29, 0.717) is 24.7 Å². The van der Waals surface area contributed by atoms with E-state index >= 15 is 0 Å². The van der Waals surface area contributed by atoms with E-state index in [-0.39, 0.29) is 6.03 Å². The van der Waals surface area contributed by atoms with Crippen molar-refractivity contribution in [1.29, 1.82) is 0 Å². The summed E-state index contributed by atoms with van der Waals surface area (Å²) in [6.07, 6.45) is 0. The summed E-state index contributed by atoms with van der Waals surface area (Å²) < 4.78 is 5.94. The van der Waals surface area contributed by atoms with Crippen molar-refractivity contribution in [2.75, 3.05) is 26.2 Å². The van der Waals surface area contributed by atoms with Gasteiger partial charge in [0.15, 0.2) is 0 Å². The highest BCUT2D eigenvalue weighted by Crippen LogP contribution is 2.22. The molecule has 2 amide bonds. The lowest BCUT2D eigenvalue weighted by molar-refractivity contribution is 0.135. The zero-order chi connectivity index (χ0) is 21.5. The molecule has 160 valence electrons. The minimum absolute atomic E-state index is 0.0205. The molecule has 0 aromatic heterocycles. The fourth-order valence-electron chi connectivity index (χ4n) is 3.59. The number of rotatable bonds is 6. The minimum atomic E-state index is -0.0205. The van der Waals surface area contributed by atoms with Gasteiger partial charge in [0.2, 0.25) is 0 Å². The predicted molar refractivity (Wildman–Crippen MR) is 123 cm³/mol. The Kier molecular flexibility index (Phi) is 7.07. The fourth-order valence-corrected chi connectivity index (χ4v) is 3.72. The van der Waals surface area contributed by atoms with Gasteiger partial charge in [-0.25, -0.2) is 4.79 Å². The first-order chi connectivity index (χ1) is 15.2. The van der Waals surface area contributed by atoms with Crippen LogP contribution in [0.5, 0.6) is 11.5 Å². The molecule has 1 heterocycles. The van der Waals surface area contributed by atoms with Gasteiger partial charge in [0, 0.05) is 44.3 Å². The summed E-state index contributed by atoms with van der Waals surface area (Å²) in [5, 5.41) is 3.69. The van der Waals surface area contributed by atoms with E-state index in [1.807, 2.05) is 71.6 Å². The summed E-state index contributed by atoms with van der Waals surface area (Å²) in [7, 11) is 0. The number of hydrogen-bond acceptors (Lipinski definition) is 3. The van der Waals surface area contributed by atoms with E-state index in [4.69, 9.17) is 16.3 Å². The number of hydrogen-bond donors (Lipinski definition) is 1. The van der Waals surface area contributed by atoms with Crippen molar-refractivity contribution in [3.8, 4) is 11.5 Å². The van der Waals surface area contributed by atoms with Gasteiger partial charge in [-0.15, -0.1) is 0 Å². The van der Waals surface area contributed by atoms with Gasteiger partial charge in [-0.05, 0) is 47.5 Å².